The van der Waals surface area contributed by atoms with E-state index in [0.29, 0.717) is 0 Å². The lowest BCUT2D eigenvalue weighted by Gasteiger charge is -1.95. The van der Waals surface area contributed by atoms with Crippen LogP contribution in [-0.4, -0.2) is 20.6 Å². The molecule has 0 aromatic carbocycles. The minimum absolute atomic E-state index is 0.112. The van der Waals surface area contributed by atoms with Gasteiger partial charge >= 0.3 is 0 Å². The summed E-state index contributed by atoms with van der Waals surface area (Å²) in [7, 11) is -1.06. The minimum Gasteiger partial charge on any atom is -0.365 e. The van der Waals surface area contributed by atoms with E-state index >= 15 is 0 Å². The Morgan fingerprint density at radius 3 is 2.25 bits per heavy atom. The zero-order valence-corrected chi connectivity index (χ0v) is 5.88. The molecule has 2 N–H and O–H groups in total. The van der Waals surface area contributed by atoms with E-state index in [4.69, 9.17) is 0 Å². The quantitative estimate of drug-likeness (QED) is 0.321. The standard InChI is InChI=1S/C2H6N2O2S2/c1-3-2(7)4-8(5)6/h8H,1H3,(H2,3,4,5,6,7). The molecule has 0 fully saturated rings. The highest BCUT2D eigenvalue weighted by Crippen LogP contribution is 1.58. The molecule has 6 heteroatoms. The number of nitrogens with one attached hydrogen (secondary N) is 2. The average Bonchev–Trinajstić information content (AvgIpc) is 1.65. The van der Waals surface area contributed by atoms with Gasteiger partial charge in [-0.3, -0.25) is 4.72 Å². The smallest absolute Gasteiger partial charge is 0.224 e. The molecule has 0 rings (SSSR count). The second-order valence-corrected chi connectivity index (χ2v) is 2.09. The molecule has 0 aromatic heterocycles. The van der Waals surface area contributed by atoms with Crippen LogP contribution in [0.1, 0.15) is 0 Å². The summed E-state index contributed by atoms with van der Waals surface area (Å²) in [4.78, 5) is 0. The molecule has 0 aliphatic carbocycles. The lowest BCUT2D eigenvalue weighted by atomic mass is 11.1. The van der Waals surface area contributed by atoms with Crippen molar-refractivity contribution >= 4 is 28.2 Å². The molecule has 48 valence electrons. The van der Waals surface area contributed by atoms with Crippen molar-refractivity contribution in [1.29, 1.82) is 0 Å². The SMILES string of the molecule is CNC(=S)N[SH](=O)=O. The maximum atomic E-state index is 9.77. The van der Waals surface area contributed by atoms with Gasteiger partial charge in [0.05, 0.1) is 0 Å². The maximum Gasteiger partial charge on any atom is 0.224 e. The Kier molecular flexibility index (Phi) is 3.46. The van der Waals surface area contributed by atoms with E-state index in [9.17, 15) is 8.42 Å². The molecule has 0 radical (unpaired) electrons. The maximum absolute atomic E-state index is 9.77. The normalized spacial score (nSPS) is 8.75. The van der Waals surface area contributed by atoms with Crippen LogP contribution >= 0.6 is 12.2 Å². The monoisotopic (exact) mass is 154 g/mol. The number of hydrogen-bond acceptors (Lipinski definition) is 3. The molecule has 0 amide bonds. The van der Waals surface area contributed by atoms with Crippen LogP contribution in [0, 0.1) is 0 Å². The Morgan fingerprint density at radius 1 is 1.62 bits per heavy atom. The van der Waals surface area contributed by atoms with Crippen LogP contribution in [0.25, 0.3) is 0 Å². The highest BCUT2D eigenvalue weighted by molar-refractivity contribution is 7.82. The van der Waals surface area contributed by atoms with Crippen LogP contribution < -0.4 is 10.0 Å². The first-order chi connectivity index (χ1) is 3.66. The number of rotatable bonds is 1. The minimum atomic E-state index is -2.60. The molecular weight excluding hydrogens is 148 g/mol. The van der Waals surface area contributed by atoms with Crippen molar-refractivity contribution in [3.63, 3.8) is 0 Å². The van der Waals surface area contributed by atoms with Gasteiger partial charge in [-0.2, -0.15) is 0 Å². The second-order valence-electron chi connectivity index (χ2n) is 0.948. The third-order valence-electron chi connectivity index (χ3n) is 0.420. The van der Waals surface area contributed by atoms with E-state index in [1.54, 1.807) is 0 Å². The number of thiol groups is 1. The molecule has 0 aliphatic rings. The molecule has 0 bridgehead atoms. The van der Waals surface area contributed by atoms with Gasteiger partial charge in [0.15, 0.2) is 5.11 Å². The zero-order chi connectivity index (χ0) is 6.57. The summed E-state index contributed by atoms with van der Waals surface area (Å²) in [5.74, 6) is 0. The van der Waals surface area contributed by atoms with Crippen molar-refractivity contribution in [1.82, 2.24) is 10.0 Å². The van der Waals surface area contributed by atoms with Crippen LogP contribution in [-0.2, 0) is 10.9 Å². The van der Waals surface area contributed by atoms with E-state index in [0.717, 1.165) is 0 Å². The van der Waals surface area contributed by atoms with Gasteiger partial charge in [0, 0.05) is 7.05 Å². The summed E-state index contributed by atoms with van der Waals surface area (Å²) in [5.41, 5.74) is 0. The summed E-state index contributed by atoms with van der Waals surface area (Å²) in [6.45, 7) is 0. The topological polar surface area (TPSA) is 58.2 Å². The molecule has 0 aliphatic heterocycles. The van der Waals surface area contributed by atoms with Gasteiger partial charge in [0.1, 0.15) is 0 Å². The van der Waals surface area contributed by atoms with Crippen molar-refractivity contribution in [2.75, 3.05) is 7.05 Å². The summed E-state index contributed by atoms with van der Waals surface area (Å²) in [5, 5.41) is 2.54. The summed E-state index contributed by atoms with van der Waals surface area (Å²) in [6, 6.07) is 0. The van der Waals surface area contributed by atoms with Gasteiger partial charge in [-0.1, -0.05) is 0 Å². The fourth-order valence-corrected chi connectivity index (χ4v) is 0.640. The van der Waals surface area contributed by atoms with E-state index in [-0.39, 0.29) is 5.11 Å². The van der Waals surface area contributed by atoms with Gasteiger partial charge in [-0.05, 0) is 12.2 Å². The Labute approximate surface area is 54.4 Å². The van der Waals surface area contributed by atoms with Gasteiger partial charge in [0.25, 0.3) is 0 Å². The molecule has 0 heterocycles. The van der Waals surface area contributed by atoms with E-state index in [2.05, 4.69) is 17.5 Å². The summed E-state index contributed by atoms with van der Waals surface area (Å²) >= 11 is 4.43. The van der Waals surface area contributed by atoms with Gasteiger partial charge < -0.3 is 5.32 Å². The highest BCUT2D eigenvalue weighted by atomic mass is 32.2. The molecule has 0 saturated carbocycles. The number of thiocarbonyl (C=S) groups is 1. The Bertz CT molecular complexity index is 144. The molecular formula is C2H6N2O2S2. The van der Waals surface area contributed by atoms with Crippen molar-refractivity contribution in [2.45, 2.75) is 0 Å². The molecule has 0 spiro atoms. The molecule has 8 heavy (non-hydrogen) atoms. The van der Waals surface area contributed by atoms with Crippen molar-refractivity contribution in [2.24, 2.45) is 0 Å². The third-order valence-corrected chi connectivity index (χ3v) is 1.28. The van der Waals surface area contributed by atoms with E-state index < -0.39 is 10.9 Å². The Hall–Kier alpha value is -0.360. The van der Waals surface area contributed by atoms with Crippen molar-refractivity contribution < 1.29 is 8.42 Å². The van der Waals surface area contributed by atoms with Crippen molar-refractivity contribution in [3.8, 4) is 0 Å². The highest BCUT2D eigenvalue weighted by Gasteiger charge is 1.85. The fourth-order valence-electron chi connectivity index (χ4n) is 0.139. The first-order valence-corrected chi connectivity index (χ1v) is 3.38. The molecule has 0 aromatic rings. The Balaban J connectivity index is 3.56. The van der Waals surface area contributed by atoms with Crippen LogP contribution in [0.3, 0.4) is 0 Å². The largest absolute Gasteiger partial charge is 0.365 e. The molecule has 0 unspecified atom stereocenters. The summed E-state index contributed by atoms with van der Waals surface area (Å²) < 4.78 is 21.5. The lowest BCUT2D eigenvalue weighted by Crippen LogP contribution is -2.30. The van der Waals surface area contributed by atoms with Crippen LogP contribution in [0.2, 0.25) is 0 Å². The first-order valence-electron chi connectivity index (χ1n) is 1.79. The van der Waals surface area contributed by atoms with E-state index in [1.165, 1.54) is 7.05 Å². The predicted octanol–water partition coefficient (Wildman–Crippen LogP) is -1.39. The third kappa shape index (κ3) is 3.82. The fraction of sp³-hybridized carbons (Fsp3) is 0.500. The number of hydrogen-bond donors (Lipinski definition) is 3. The van der Waals surface area contributed by atoms with Crippen LogP contribution in [0.5, 0.6) is 0 Å². The zero-order valence-electron chi connectivity index (χ0n) is 4.17. The molecule has 0 saturated heterocycles. The van der Waals surface area contributed by atoms with Crippen LogP contribution in [0.4, 0.5) is 0 Å². The second kappa shape index (κ2) is 3.62. The van der Waals surface area contributed by atoms with E-state index in [1.807, 2.05) is 4.72 Å². The molecule has 4 nitrogen and oxygen atoms in total. The first kappa shape index (κ1) is 7.64. The van der Waals surface area contributed by atoms with Gasteiger partial charge in [-0.25, -0.2) is 8.42 Å². The predicted molar refractivity (Wildman–Crippen MR) is 35.1 cm³/mol. The van der Waals surface area contributed by atoms with Gasteiger partial charge in [0.2, 0.25) is 10.9 Å². The molecule has 0 atom stereocenters. The van der Waals surface area contributed by atoms with Crippen molar-refractivity contribution in [3.05, 3.63) is 0 Å². The van der Waals surface area contributed by atoms with Crippen LogP contribution in [0.15, 0.2) is 0 Å². The Morgan fingerprint density at radius 2 is 2.12 bits per heavy atom. The summed E-state index contributed by atoms with van der Waals surface area (Å²) in [6.07, 6.45) is 0. The lowest BCUT2D eigenvalue weighted by molar-refractivity contribution is 0.611. The average molecular weight is 154 g/mol. The van der Waals surface area contributed by atoms with Gasteiger partial charge in [-0.15, -0.1) is 0 Å².